The highest BCUT2D eigenvalue weighted by atomic mass is 16.5. The third-order valence-corrected chi connectivity index (χ3v) is 13.7. The van der Waals surface area contributed by atoms with Gasteiger partial charge >= 0.3 is 0 Å². The molecule has 0 aliphatic carbocycles. The van der Waals surface area contributed by atoms with Crippen LogP contribution in [0.2, 0.25) is 0 Å². The molecule has 0 radical (unpaired) electrons. The lowest BCUT2D eigenvalue weighted by atomic mass is 9.72. The number of carbonyl (C=O) groups is 3. The summed E-state index contributed by atoms with van der Waals surface area (Å²) < 4.78 is 6.08. The van der Waals surface area contributed by atoms with E-state index in [4.69, 9.17) is 4.74 Å². The Labute approximate surface area is 347 Å². The van der Waals surface area contributed by atoms with Crippen LogP contribution in [0, 0.1) is 5.92 Å². The first-order valence-electron chi connectivity index (χ1n) is 21.4. The van der Waals surface area contributed by atoms with E-state index in [0.717, 1.165) is 89.2 Å². The molecule has 4 aliphatic rings. The van der Waals surface area contributed by atoms with E-state index in [1.54, 1.807) is 25.4 Å². The number of carbonyl (C=O) groups excluding carboxylic acids is 3. The second-order valence-corrected chi connectivity index (χ2v) is 17.0. The number of aromatic hydroxyl groups is 1. The summed E-state index contributed by atoms with van der Waals surface area (Å²) in [4.78, 5) is 45.3. The average molecular weight is 800 g/mol. The van der Waals surface area contributed by atoms with Gasteiger partial charge in [0.2, 0.25) is 11.8 Å². The lowest BCUT2D eigenvalue weighted by molar-refractivity contribution is -0.150. The van der Waals surface area contributed by atoms with Crippen molar-refractivity contribution in [2.75, 3.05) is 69.3 Å². The number of methoxy groups -OCH3 is 1. The molecule has 3 amide bonds. The van der Waals surface area contributed by atoms with E-state index >= 15 is 0 Å². The van der Waals surface area contributed by atoms with Crippen LogP contribution in [0.1, 0.15) is 74.8 Å². The largest absolute Gasteiger partial charge is 0.507 e. The van der Waals surface area contributed by atoms with Crippen LogP contribution in [0.25, 0.3) is 11.3 Å². The molecule has 5 heterocycles. The van der Waals surface area contributed by atoms with Gasteiger partial charge in [-0.15, -0.1) is 0 Å². The van der Waals surface area contributed by atoms with Crippen LogP contribution in [0.4, 0.5) is 11.4 Å². The summed E-state index contributed by atoms with van der Waals surface area (Å²) in [5.41, 5.74) is 4.60. The van der Waals surface area contributed by atoms with Crippen LogP contribution in [-0.2, 0) is 24.5 Å². The number of aromatic nitrogens is 2. The monoisotopic (exact) mass is 799 g/mol. The van der Waals surface area contributed by atoms with Crippen LogP contribution in [0.3, 0.4) is 0 Å². The van der Waals surface area contributed by atoms with Crippen LogP contribution in [0.15, 0.2) is 91.1 Å². The summed E-state index contributed by atoms with van der Waals surface area (Å²) in [6.45, 7) is 6.85. The van der Waals surface area contributed by atoms with Crippen molar-refractivity contribution < 1.29 is 24.2 Å². The van der Waals surface area contributed by atoms with E-state index in [2.05, 4.69) is 71.9 Å². The number of imide groups is 1. The van der Waals surface area contributed by atoms with Gasteiger partial charge in [-0.05, 0) is 105 Å². The number of nitrogens with one attached hydrogen (secondary N) is 2. The molecule has 0 saturated carbocycles. The molecule has 1 aromatic heterocycles. The third-order valence-electron chi connectivity index (χ3n) is 13.7. The standard InChI is InChI=1S/C47H57N7O5/c1-59-47(22-27-52(28-23-47)24-17-34-18-25-53(26-19-34)37-13-11-35(12-14-37)39-15-16-43(56)50-44(39)57)45(58)48-33-46(36-7-3-2-4-8-36)20-29-54(30-21-46)38-31-41(51-49-32-38)40-9-5-6-10-42(40)55/h2-14,31-32,34,39,55H,15-30,33H2,1H3,(H,48,58)(H,50,56,57)/t39-/m1/s1. The molecule has 1 atom stereocenters. The molecule has 12 nitrogen and oxygen atoms in total. The van der Waals surface area contributed by atoms with Gasteiger partial charge in [0.15, 0.2) is 0 Å². The van der Waals surface area contributed by atoms with E-state index < -0.39 is 5.60 Å². The number of hydrogen-bond acceptors (Lipinski definition) is 10. The Kier molecular flexibility index (Phi) is 12.3. The van der Waals surface area contributed by atoms with E-state index in [1.807, 2.05) is 36.4 Å². The number of amides is 3. The van der Waals surface area contributed by atoms with Crippen molar-refractivity contribution in [3.05, 3.63) is 102 Å². The molecule has 0 spiro atoms. The normalized spacial score (nSPS) is 21.2. The number of phenolic OH excluding ortho intramolecular Hbond substituents is 1. The van der Waals surface area contributed by atoms with Crippen molar-refractivity contribution in [1.29, 1.82) is 0 Å². The maximum Gasteiger partial charge on any atom is 0.252 e. The van der Waals surface area contributed by atoms with Crippen LogP contribution >= 0.6 is 0 Å². The zero-order valence-corrected chi connectivity index (χ0v) is 34.2. The number of piperidine rings is 4. The Balaban J connectivity index is 0.811. The molecule has 0 bridgehead atoms. The molecular weight excluding hydrogens is 743 g/mol. The van der Waals surface area contributed by atoms with Gasteiger partial charge < -0.3 is 29.9 Å². The summed E-state index contributed by atoms with van der Waals surface area (Å²) in [5.74, 6) is 0.206. The fourth-order valence-electron chi connectivity index (χ4n) is 9.75. The van der Waals surface area contributed by atoms with E-state index in [1.165, 1.54) is 11.3 Å². The van der Waals surface area contributed by atoms with Gasteiger partial charge in [0.25, 0.3) is 5.91 Å². The predicted octanol–water partition coefficient (Wildman–Crippen LogP) is 5.81. The zero-order valence-electron chi connectivity index (χ0n) is 34.2. The molecule has 4 saturated heterocycles. The first kappa shape index (κ1) is 40.4. The van der Waals surface area contributed by atoms with Gasteiger partial charge in [0.1, 0.15) is 11.4 Å². The van der Waals surface area contributed by atoms with Gasteiger partial charge in [0, 0.05) is 76.0 Å². The summed E-state index contributed by atoms with van der Waals surface area (Å²) in [5, 5.41) is 24.9. The molecule has 8 rings (SSSR count). The molecular formula is C47H57N7O5. The SMILES string of the molecule is COC1(C(=O)NCC2(c3ccccc3)CCN(c3cnnc(-c4ccccc4O)c3)CC2)CCN(CCC2CCN(c3ccc([C@H]4CCC(=O)NC4=O)cc3)CC2)CC1. The highest BCUT2D eigenvalue weighted by Crippen LogP contribution is 2.38. The summed E-state index contributed by atoms with van der Waals surface area (Å²) in [6, 6.07) is 28.1. The van der Waals surface area contributed by atoms with Gasteiger partial charge in [-0.2, -0.15) is 10.2 Å². The minimum absolute atomic E-state index is 0.0134. The minimum Gasteiger partial charge on any atom is -0.507 e. The predicted molar refractivity (Wildman–Crippen MR) is 228 cm³/mol. The Hall–Kier alpha value is -5.33. The number of phenols is 1. The second-order valence-electron chi connectivity index (χ2n) is 17.0. The quantitative estimate of drug-likeness (QED) is 0.151. The maximum atomic E-state index is 14.1. The van der Waals surface area contributed by atoms with E-state index in [-0.39, 0.29) is 34.8 Å². The number of benzene rings is 3. The summed E-state index contributed by atoms with van der Waals surface area (Å²) >= 11 is 0. The maximum absolute atomic E-state index is 14.1. The molecule has 59 heavy (non-hydrogen) atoms. The zero-order chi connectivity index (χ0) is 40.8. The molecule has 3 N–H and O–H groups in total. The van der Waals surface area contributed by atoms with Crippen LogP contribution in [0.5, 0.6) is 5.75 Å². The number of anilines is 2. The summed E-state index contributed by atoms with van der Waals surface area (Å²) in [6.07, 6.45) is 9.24. The molecule has 4 fully saturated rings. The Morgan fingerprint density at radius 3 is 2.24 bits per heavy atom. The van der Waals surface area contributed by atoms with Crippen molar-refractivity contribution in [2.45, 2.75) is 74.7 Å². The van der Waals surface area contributed by atoms with Crippen LogP contribution < -0.4 is 20.4 Å². The van der Waals surface area contributed by atoms with E-state index in [0.29, 0.717) is 49.4 Å². The minimum atomic E-state index is -0.837. The first-order chi connectivity index (χ1) is 28.7. The Morgan fingerprint density at radius 1 is 0.847 bits per heavy atom. The lowest BCUT2D eigenvalue weighted by Crippen LogP contribution is -2.57. The van der Waals surface area contributed by atoms with Gasteiger partial charge in [-0.1, -0.05) is 54.6 Å². The number of rotatable bonds is 12. The highest BCUT2D eigenvalue weighted by Gasteiger charge is 2.44. The number of para-hydroxylation sites is 1. The smallest absolute Gasteiger partial charge is 0.252 e. The fourth-order valence-corrected chi connectivity index (χ4v) is 9.75. The molecule has 4 aliphatic heterocycles. The Morgan fingerprint density at radius 2 is 1.54 bits per heavy atom. The average Bonchev–Trinajstić information content (AvgIpc) is 3.28. The van der Waals surface area contributed by atoms with Crippen molar-refractivity contribution in [2.24, 2.45) is 5.92 Å². The van der Waals surface area contributed by atoms with Crippen molar-refractivity contribution >= 4 is 29.1 Å². The molecule has 4 aromatic rings. The molecule has 3 aromatic carbocycles. The van der Waals surface area contributed by atoms with Crippen molar-refractivity contribution in [3.8, 4) is 17.0 Å². The number of nitrogens with zero attached hydrogens (tertiary/aromatic N) is 5. The Bertz CT molecular complexity index is 2070. The van der Waals surface area contributed by atoms with Crippen molar-refractivity contribution in [1.82, 2.24) is 25.7 Å². The number of likely N-dealkylation sites (tertiary alicyclic amines) is 1. The first-order valence-corrected chi connectivity index (χ1v) is 21.4. The molecule has 12 heteroatoms. The number of ether oxygens (including phenoxy) is 1. The number of hydrogen-bond donors (Lipinski definition) is 3. The van der Waals surface area contributed by atoms with Gasteiger partial charge in [0.05, 0.1) is 23.5 Å². The van der Waals surface area contributed by atoms with Gasteiger partial charge in [-0.3, -0.25) is 19.7 Å². The third kappa shape index (κ3) is 8.99. The fraction of sp³-hybridized carbons (Fsp3) is 0.468. The van der Waals surface area contributed by atoms with E-state index in [9.17, 15) is 19.5 Å². The van der Waals surface area contributed by atoms with Gasteiger partial charge in [-0.25, -0.2) is 0 Å². The molecule has 0 unspecified atom stereocenters. The van der Waals surface area contributed by atoms with Crippen LogP contribution in [-0.4, -0.2) is 103 Å². The second kappa shape index (κ2) is 17.9. The lowest BCUT2D eigenvalue weighted by Gasteiger charge is -2.44. The highest BCUT2D eigenvalue weighted by molar-refractivity contribution is 6.01. The molecule has 310 valence electrons. The summed E-state index contributed by atoms with van der Waals surface area (Å²) in [7, 11) is 1.68. The topological polar surface area (TPSA) is 140 Å². The van der Waals surface area contributed by atoms with Crippen molar-refractivity contribution in [3.63, 3.8) is 0 Å².